The third-order valence-electron chi connectivity index (χ3n) is 1.89. The summed E-state index contributed by atoms with van der Waals surface area (Å²) < 4.78 is 0. The predicted molar refractivity (Wildman–Crippen MR) is 60.2 cm³/mol. The molecular formula is C11H22N2O. The molecule has 0 atom stereocenters. The number of rotatable bonds is 7. The molecule has 0 aromatic carbocycles. The zero-order chi connectivity index (χ0) is 10.8. The molecule has 0 unspecified atom stereocenters. The van der Waals surface area contributed by atoms with Gasteiger partial charge in [0.1, 0.15) is 0 Å². The van der Waals surface area contributed by atoms with Gasteiger partial charge in [-0.15, -0.1) is 0 Å². The molecule has 0 aromatic heterocycles. The first-order valence-corrected chi connectivity index (χ1v) is 5.19. The number of nitrogens with one attached hydrogen (secondary N) is 1. The van der Waals surface area contributed by atoms with E-state index in [1.165, 1.54) is 0 Å². The van der Waals surface area contributed by atoms with Crippen molar-refractivity contribution in [2.75, 3.05) is 27.2 Å². The van der Waals surface area contributed by atoms with Gasteiger partial charge in [-0.3, -0.25) is 4.79 Å². The van der Waals surface area contributed by atoms with Crippen LogP contribution in [0.15, 0.2) is 12.2 Å². The smallest absolute Gasteiger partial charge is 0.220 e. The maximum Gasteiger partial charge on any atom is 0.220 e. The first kappa shape index (κ1) is 13.2. The number of hydrogen-bond acceptors (Lipinski definition) is 2. The second-order valence-electron chi connectivity index (χ2n) is 3.61. The molecule has 3 heteroatoms. The van der Waals surface area contributed by atoms with E-state index in [4.69, 9.17) is 0 Å². The minimum absolute atomic E-state index is 0.163. The van der Waals surface area contributed by atoms with Crippen LogP contribution in [-0.4, -0.2) is 38.0 Å². The van der Waals surface area contributed by atoms with E-state index in [-0.39, 0.29) is 5.91 Å². The lowest BCUT2D eigenvalue weighted by atomic mass is 10.2. The lowest BCUT2D eigenvalue weighted by Crippen LogP contribution is -2.31. The van der Waals surface area contributed by atoms with E-state index in [0.29, 0.717) is 6.42 Å². The number of allylic oxidation sites excluding steroid dienone is 2. The second-order valence-corrected chi connectivity index (χ2v) is 3.61. The molecule has 1 N–H and O–H groups in total. The monoisotopic (exact) mass is 198 g/mol. The summed E-state index contributed by atoms with van der Waals surface area (Å²) in [5.41, 5.74) is 0. The fourth-order valence-corrected chi connectivity index (χ4v) is 1.05. The van der Waals surface area contributed by atoms with Gasteiger partial charge in [0.2, 0.25) is 5.91 Å². The summed E-state index contributed by atoms with van der Waals surface area (Å²) in [5.74, 6) is 0.163. The van der Waals surface area contributed by atoms with Crippen molar-refractivity contribution in [3.63, 3.8) is 0 Å². The van der Waals surface area contributed by atoms with Crippen LogP contribution in [0.2, 0.25) is 0 Å². The molecule has 0 rings (SSSR count). The molecule has 0 aromatic rings. The Labute approximate surface area is 87.2 Å². The Kier molecular flexibility index (Phi) is 8.24. The van der Waals surface area contributed by atoms with Crippen LogP contribution in [-0.2, 0) is 4.79 Å². The van der Waals surface area contributed by atoms with Crippen LogP contribution in [0.5, 0.6) is 0 Å². The van der Waals surface area contributed by atoms with Gasteiger partial charge < -0.3 is 10.2 Å². The number of carbonyl (C=O) groups is 1. The highest BCUT2D eigenvalue weighted by molar-refractivity contribution is 5.75. The quantitative estimate of drug-likeness (QED) is 0.495. The Balaban J connectivity index is 3.28. The first-order chi connectivity index (χ1) is 6.66. The molecule has 0 aliphatic carbocycles. The largest absolute Gasteiger partial charge is 0.355 e. The number of nitrogens with zero attached hydrogens (tertiary/aromatic N) is 1. The highest BCUT2D eigenvalue weighted by Gasteiger charge is 1.99. The molecule has 0 radical (unpaired) electrons. The Morgan fingerprint density at radius 1 is 1.43 bits per heavy atom. The zero-order valence-electron chi connectivity index (χ0n) is 9.55. The molecule has 82 valence electrons. The van der Waals surface area contributed by atoms with Crippen molar-refractivity contribution in [3.8, 4) is 0 Å². The molecule has 14 heavy (non-hydrogen) atoms. The Morgan fingerprint density at radius 2 is 2.14 bits per heavy atom. The maximum atomic E-state index is 11.2. The number of likely N-dealkylation sites (N-methyl/N-ethyl adjacent to an activating group) is 1. The third-order valence-corrected chi connectivity index (χ3v) is 1.89. The molecule has 0 bridgehead atoms. The summed E-state index contributed by atoms with van der Waals surface area (Å²) in [6.07, 6.45) is 6.69. The topological polar surface area (TPSA) is 32.3 Å². The van der Waals surface area contributed by atoms with Crippen molar-refractivity contribution >= 4 is 5.91 Å². The third kappa shape index (κ3) is 9.26. The van der Waals surface area contributed by atoms with Crippen molar-refractivity contribution in [2.45, 2.75) is 26.2 Å². The predicted octanol–water partition coefficient (Wildman–Crippen LogP) is 1.41. The lowest BCUT2D eigenvalue weighted by Gasteiger charge is -2.09. The molecular weight excluding hydrogens is 176 g/mol. The summed E-state index contributed by atoms with van der Waals surface area (Å²) in [6, 6.07) is 0. The Hall–Kier alpha value is -0.830. The highest BCUT2D eigenvalue weighted by atomic mass is 16.1. The van der Waals surface area contributed by atoms with E-state index in [2.05, 4.69) is 16.3 Å². The van der Waals surface area contributed by atoms with Crippen molar-refractivity contribution in [1.82, 2.24) is 10.2 Å². The SMILES string of the molecule is C/C=C/CCCC(=O)NCCN(C)C. The summed E-state index contributed by atoms with van der Waals surface area (Å²) in [6.45, 7) is 3.65. The average molecular weight is 198 g/mol. The van der Waals surface area contributed by atoms with Crippen LogP contribution in [0, 0.1) is 0 Å². The molecule has 0 saturated carbocycles. The molecule has 0 aliphatic rings. The van der Waals surface area contributed by atoms with Gasteiger partial charge in [-0.2, -0.15) is 0 Å². The average Bonchev–Trinajstić information content (AvgIpc) is 2.12. The number of unbranched alkanes of at least 4 members (excludes halogenated alkanes) is 1. The Morgan fingerprint density at radius 3 is 2.71 bits per heavy atom. The van der Waals surface area contributed by atoms with Gasteiger partial charge in [-0.25, -0.2) is 0 Å². The van der Waals surface area contributed by atoms with Gasteiger partial charge in [0.05, 0.1) is 0 Å². The van der Waals surface area contributed by atoms with E-state index in [1.54, 1.807) is 0 Å². The minimum Gasteiger partial charge on any atom is -0.355 e. The van der Waals surface area contributed by atoms with Gasteiger partial charge >= 0.3 is 0 Å². The minimum atomic E-state index is 0.163. The number of amides is 1. The van der Waals surface area contributed by atoms with Gasteiger partial charge in [-0.1, -0.05) is 12.2 Å². The van der Waals surface area contributed by atoms with Crippen LogP contribution >= 0.6 is 0 Å². The second kappa shape index (κ2) is 8.75. The van der Waals surface area contributed by atoms with Crippen LogP contribution in [0.1, 0.15) is 26.2 Å². The van der Waals surface area contributed by atoms with E-state index in [0.717, 1.165) is 25.9 Å². The van der Waals surface area contributed by atoms with E-state index < -0.39 is 0 Å². The van der Waals surface area contributed by atoms with Gasteiger partial charge in [0.25, 0.3) is 0 Å². The zero-order valence-corrected chi connectivity index (χ0v) is 9.55. The van der Waals surface area contributed by atoms with Crippen molar-refractivity contribution in [2.24, 2.45) is 0 Å². The summed E-state index contributed by atoms with van der Waals surface area (Å²) in [7, 11) is 4.00. The van der Waals surface area contributed by atoms with Crippen LogP contribution in [0.3, 0.4) is 0 Å². The molecule has 0 saturated heterocycles. The van der Waals surface area contributed by atoms with E-state index in [9.17, 15) is 4.79 Å². The molecule has 0 aliphatic heterocycles. The van der Waals surface area contributed by atoms with Crippen molar-refractivity contribution in [1.29, 1.82) is 0 Å². The fourth-order valence-electron chi connectivity index (χ4n) is 1.05. The normalized spacial score (nSPS) is 11.1. The van der Waals surface area contributed by atoms with Crippen molar-refractivity contribution in [3.05, 3.63) is 12.2 Å². The molecule has 1 amide bonds. The van der Waals surface area contributed by atoms with E-state index >= 15 is 0 Å². The fraction of sp³-hybridized carbons (Fsp3) is 0.727. The van der Waals surface area contributed by atoms with Crippen LogP contribution in [0.25, 0.3) is 0 Å². The Bertz CT molecular complexity index is 176. The van der Waals surface area contributed by atoms with Crippen LogP contribution < -0.4 is 5.32 Å². The van der Waals surface area contributed by atoms with E-state index in [1.807, 2.05) is 27.1 Å². The summed E-state index contributed by atoms with van der Waals surface area (Å²) in [4.78, 5) is 13.3. The molecule has 0 heterocycles. The van der Waals surface area contributed by atoms with Gasteiger partial charge in [-0.05, 0) is 33.9 Å². The maximum absolute atomic E-state index is 11.2. The standard InChI is InChI=1S/C11H22N2O/c1-4-5-6-7-8-11(14)12-9-10-13(2)3/h4-5H,6-10H2,1-3H3,(H,12,14)/b5-4+. The molecule has 0 spiro atoms. The summed E-state index contributed by atoms with van der Waals surface area (Å²) in [5, 5.41) is 2.89. The summed E-state index contributed by atoms with van der Waals surface area (Å²) >= 11 is 0. The first-order valence-electron chi connectivity index (χ1n) is 5.19. The van der Waals surface area contributed by atoms with Gasteiger partial charge in [0.15, 0.2) is 0 Å². The number of hydrogen-bond donors (Lipinski definition) is 1. The van der Waals surface area contributed by atoms with Gasteiger partial charge in [0, 0.05) is 19.5 Å². The molecule has 0 fully saturated rings. The van der Waals surface area contributed by atoms with Crippen molar-refractivity contribution < 1.29 is 4.79 Å². The number of carbonyl (C=O) groups excluding carboxylic acids is 1. The molecule has 3 nitrogen and oxygen atoms in total. The van der Waals surface area contributed by atoms with Crippen LogP contribution in [0.4, 0.5) is 0 Å². The lowest BCUT2D eigenvalue weighted by molar-refractivity contribution is -0.121. The highest BCUT2D eigenvalue weighted by Crippen LogP contribution is 1.96.